The van der Waals surface area contributed by atoms with Crippen LogP contribution in [0.3, 0.4) is 0 Å². The van der Waals surface area contributed by atoms with Gasteiger partial charge in [0.05, 0.1) is 18.8 Å². The molecule has 110 valence electrons. The molecule has 2 rings (SSSR count). The minimum Gasteiger partial charge on any atom is -0.389 e. The Balaban J connectivity index is 1.79. The number of hydrogen-bond donors (Lipinski definition) is 3. The van der Waals surface area contributed by atoms with Crippen molar-refractivity contribution < 1.29 is 14.6 Å². The largest absolute Gasteiger partial charge is 0.389 e. The quantitative estimate of drug-likeness (QED) is 0.727. The van der Waals surface area contributed by atoms with E-state index in [1.165, 1.54) is 18.1 Å². The first-order valence-corrected chi connectivity index (χ1v) is 6.89. The molecule has 3 atom stereocenters. The summed E-state index contributed by atoms with van der Waals surface area (Å²) in [6.45, 7) is 5.00. The van der Waals surface area contributed by atoms with E-state index in [-0.39, 0.29) is 18.1 Å². The summed E-state index contributed by atoms with van der Waals surface area (Å²) in [5.74, 6) is -0.114. The summed E-state index contributed by atoms with van der Waals surface area (Å²) < 4.78 is 5.51. The van der Waals surface area contributed by atoms with Gasteiger partial charge in [0.25, 0.3) is 0 Å². The van der Waals surface area contributed by atoms with Crippen LogP contribution in [0.25, 0.3) is 0 Å². The molecule has 1 aromatic carbocycles. The van der Waals surface area contributed by atoms with Gasteiger partial charge in [-0.3, -0.25) is 4.79 Å². The first-order valence-electron chi connectivity index (χ1n) is 6.89. The second-order valence-electron chi connectivity index (χ2n) is 5.27. The van der Waals surface area contributed by atoms with Crippen molar-refractivity contribution in [1.29, 1.82) is 0 Å². The lowest BCUT2D eigenvalue weighted by atomic mass is 10.1. The highest BCUT2D eigenvalue weighted by Gasteiger charge is 2.35. The van der Waals surface area contributed by atoms with Crippen LogP contribution in [-0.4, -0.2) is 42.4 Å². The highest BCUT2D eigenvalue weighted by atomic mass is 16.5. The van der Waals surface area contributed by atoms with Crippen molar-refractivity contribution in [2.75, 3.05) is 13.2 Å². The van der Waals surface area contributed by atoms with Crippen molar-refractivity contribution in [2.45, 2.75) is 38.6 Å². The summed E-state index contributed by atoms with van der Waals surface area (Å²) in [6, 6.07) is 8.17. The van der Waals surface area contributed by atoms with E-state index in [0.29, 0.717) is 19.7 Å². The van der Waals surface area contributed by atoms with E-state index in [1.54, 1.807) is 0 Å². The van der Waals surface area contributed by atoms with Crippen LogP contribution in [0.15, 0.2) is 24.3 Å². The molecule has 0 radical (unpaired) electrons. The van der Waals surface area contributed by atoms with Crippen LogP contribution in [0, 0.1) is 6.92 Å². The molecule has 1 fully saturated rings. The first-order chi connectivity index (χ1) is 9.56. The number of nitrogens with one attached hydrogen (secondary N) is 2. The topological polar surface area (TPSA) is 70.6 Å². The minimum atomic E-state index is -0.604. The van der Waals surface area contributed by atoms with E-state index in [2.05, 4.69) is 41.8 Å². The lowest BCUT2D eigenvalue weighted by Gasteiger charge is -2.18. The maximum absolute atomic E-state index is 10.9. The predicted molar refractivity (Wildman–Crippen MR) is 76.2 cm³/mol. The Hall–Kier alpha value is -1.43. The molecule has 1 aliphatic rings. The lowest BCUT2D eigenvalue weighted by molar-refractivity contribution is -0.119. The van der Waals surface area contributed by atoms with E-state index in [1.807, 2.05) is 0 Å². The molecular weight excluding hydrogens is 256 g/mol. The Morgan fingerprint density at radius 2 is 2.10 bits per heavy atom. The van der Waals surface area contributed by atoms with Crippen LogP contribution in [0.2, 0.25) is 0 Å². The zero-order chi connectivity index (χ0) is 14.5. The highest BCUT2D eigenvalue weighted by Crippen LogP contribution is 2.14. The summed E-state index contributed by atoms with van der Waals surface area (Å²) in [7, 11) is 0. The van der Waals surface area contributed by atoms with Crippen LogP contribution in [-0.2, 0) is 16.1 Å². The SMILES string of the molecule is CC(=O)NCC1OCC(NCc2ccc(C)cc2)C1O. The molecule has 1 heterocycles. The van der Waals surface area contributed by atoms with E-state index in [0.717, 1.165) is 0 Å². The van der Waals surface area contributed by atoms with Gasteiger partial charge in [-0.1, -0.05) is 29.8 Å². The Bertz CT molecular complexity index is 447. The molecule has 0 spiro atoms. The van der Waals surface area contributed by atoms with Gasteiger partial charge in [0.2, 0.25) is 5.91 Å². The number of carbonyl (C=O) groups excluding carboxylic acids is 1. The number of aliphatic hydroxyl groups excluding tert-OH is 1. The van der Waals surface area contributed by atoms with Crippen molar-refractivity contribution in [3.05, 3.63) is 35.4 Å². The second-order valence-corrected chi connectivity index (χ2v) is 5.27. The van der Waals surface area contributed by atoms with Gasteiger partial charge in [-0.25, -0.2) is 0 Å². The van der Waals surface area contributed by atoms with Gasteiger partial charge >= 0.3 is 0 Å². The van der Waals surface area contributed by atoms with Gasteiger partial charge in [0, 0.05) is 20.0 Å². The van der Waals surface area contributed by atoms with Crippen LogP contribution >= 0.6 is 0 Å². The van der Waals surface area contributed by atoms with Crippen molar-refractivity contribution in [3.8, 4) is 0 Å². The van der Waals surface area contributed by atoms with E-state index in [4.69, 9.17) is 4.74 Å². The number of hydrogen-bond acceptors (Lipinski definition) is 4. The fraction of sp³-hybridized carbons (Fsp3) is 0.533. The maximum atomic E-state index is 10.9. The molecular formula is C15H22N2O3. The minimum absolute atomic E-state index is 0.102. The van der Waals surface area contributed by atoms with E-state index >= 15 is 0 Å². The standard InChI is InChI=1S/C15H22N2O3/c1-10-3-5-12(6-4-10)7-17-13-9-20-14(15(13)19)8-16-11(2)18/h3-6,13-15,17,19H,7-9H2,1-2H3,(H,16,18). The van der Waals surface area contributed by atoms with Gasteiger partial charge in [0.15, 0.2) is 0 Å². The van der Waals surface area contributed by atoms with Gasteiger partial charge in [0.1, 0.15) is 6.10 Å². The molecule has 1 aromatic rings. The number of amides is 1. The van der Waals surface area contributed by atoms with Gasteiger partial charge in [-0.15, -0.1) is 0 Å². The first kappa shape index (κ1) is 15.0. The fourth-order valence-electron chi connectivity index (χ4n) is 2.24. The number of carbonyl (C=O) groups is 1. The molecule has 1 amide bonds. The molecule has 0 saturated carbocycles. The summed E-state index contributed by atoms with van der Waals surface area (Å²) in [4.78, 5) is 10.9. The molecule has 1 aliphatic heterocycles. The third-order valence-electron chi connectivity index (χ3n) is 3.52. The maximum Gasteiger partial charge on any atom is 0.216 e. The Labute approximate surface area is 119 Å². The predicted octanol–water partition coefficient (Wildman–Crippen LogP) is 0.349. The Kier molecular flexibility index (Phi) is 5.11. The molecule has 1 saturated heterocycles. The average Bonchev–Trinajstić information content (AvgIpc) is 2.77. The summed E-state index contributed by atoms with van der Waals surface area (Å²) in [6.07, 6.45) is -0.943. The number of rotatable bonds is 5. The third-order valence-corrected chi connectivity index (χ3v) is 3.52. The van der Waals surface area contributed by atoms with Crippen molar-refractivity contribution in [1.82, 2.24) is 10.6 Å². The van der Waals surface area contributed by atoms with Crippen LogP contribution < -0.4 is 10.6 Å². The Morgan fingerprint density at radius 1 is 1.40 bits per heavy atom. The number of ether oxygens (including phenoxy) is 1. The van der Waals surface area contributed by atoms with Gasteiger partial charge < -0.3 is 20.5 Å². The molecule has 0 aliphatic carbocycles. The van der Waals surface area contributed by atoms with Crippen LogP contribution in [0.5, 0.6) is 0 Å². The van der Waals surface area contributed by atoms with Crippen molar-refractivity contribution >= 4 is 5.91 Å². The summed E-state index contributed by atoms with van der Waals surface area (Å²) >= 11 is 0. The lowest BCUT2D eigenvalue weighted by Crippen LogP contribution is -2.44. The Morgan fingerprint density at radius 3 is 2.75 bits per heavy atom. The monoisotopic (exact) mass is 278 g/mol. The normalized spacial score (nSPS) is 25.6. The van der Waals surface area contributed by atoms with Crippen molar-refractivity contribution in [3.63, 3.8) is 0 Å². The second kappa shape index (κ2) is 6.83. The molecule has 5 nitrogen and oxygen atoms in total. The van der Waals surface area contributed by atoms with Crippen molar-refractivity contribution in [2.24, 2.45) is 0 Å². The van der Waals surface area contributed by atoms with E-state index in [9.17, 15) is 9.90 Å². The smallest absolute Gasteiger partial charge is 0.216 e. The number of benzene rings is 1. The number of aliphatic hydroxyl groups is 1. The zero-order valence-electron chi connectivity index (χ0n) is 11.9. The zero-order valence-corrected chi connectivity index (χ0v) is 11.9. The summed E-state index contributed by atoms with van der Waals surface area (Å²) in [5.41, 5.74) is 2.40. The molecule has 0 aromatic heterocycles. The van der Waals surface area contributed by atoms with Gasteiger partial charge in [-0.05, 0) is 12.5 Å². The molecule has 5 heteroatoms. The highest BCUT2D eigenvalue weighted by molar-refractivity contribution is 5.72. The number of aryl methyl sites for hydroxylation is 1. The molecule has 3 unspecified atom stereocenters. The van der Waals surface area contributed by atoms with Crippen LogP contribution in [0.1, 0.15) is 18.1 Å². The average molecular weight is 278 g/mol. The molecule has 20 heavy (non-hydrogen) atoms. The third kappa shape index (κ3) is 4.03. The molecule has 3 N–H and O–H groups in total. The van der Waals surface area contributed by atoms with E-state index < -0.39 is 6.10 Å². The fourth-order valence-corrected chi connectivity index (χ4v) is 2.24. The van der Waals surface area contributed by atoms with Gasteiger partial charge in [-0.2, -0.15) is 0 Å². The summed E-state index contributed by atoms with van der Waals surface area (Å²) in [5, 5.41) is 16.1. The molecule has 0 bridgehead atoms. The van der Waals surface area contributed by atoms with Crippen LogP contribution in [0.4, 0.5) is 0 Å².